The number of benzene rings is 1. The molecule has 0 radical (unpaired) electrons. The van der Waals surface area contributed by atoms with E-state index in [0.29, 0.717) is 24.2 Å². The van der Waals surface area contributed by atoms with E-state index < -0.39 is 12.0 Å². The predicted molar refractivity (Wildman–Crippen MR) is 80.6 cm³/mol. The van der Waals surface area contributed by atoms with Gasteiger partial charge in [0.15, 0.2) is 6.04 Å². The van der Waals surface area contributed by atoms with Crippen LogP contribution < -0.4 is 5.32 Å². The number of anilines is 1. The van der Waals surface area contributed by atoms with E-state index in [1.807, 2.05) is 22.9 Å². The molecule has 0 saturated carbocycles. The molecule has 2 amide bonds. The second-order valence-electron chi connectivity index (χ2n) is 4.83. The summed E-state index contributed by atoms with van der Waals surface area (Å²) in [6, 6.07) is 7.85. The number of carboxylic acids is 1. The number of fused-ring (bicyclic) bond motifs is 1. The second-order valence-corrected chi connectivity index (χ2v) is 5.61. The maximum atomic E-state index is 12.3. The summed E-state index contributed by atoms with van der Waals surface area (Å²) in [7, 11) is 0. The summed E-state index contributed by atoms with van der Waals surface area (Å²) in [5.41, 5.74) is 2.37. The normalized spacial score (nSPS) is 17.1. The summed E-state index contributed by atoms with van der Waals surface area (Å²) >= 11 is 1.47. The van der Waals surface area contributed by atoms with E-state index in [4.69, 9.17) is 0 Å². The van der Waals surface area contributed by atoms with E-state index in [1.54, 1.807) is 18.2 Å². The van der Waals surface area contributed by atoms with Crippen molar-refractivity contribution < 1.29 is 14.7 Å². The van der Waals surface area contributed by atoms with Gasteiger partial charge in [-0.15, -0.1) is 0 Å². The number of carbonyl (C=O) groups excluding carboxylic acids is 1. The number of carbonyl (C=O) groups is 2. The van der Waals surface area contributed by atoms with Gasteiger partial charge in [0.05, 0.1) is 5.69 Å². The van der Waals surface area contributed by atoms with Crippen molar-refractivity contribution in [3.63, 3.8) is 0 Å². The number of thiophene rings is 1. The largest absolute Gasteiger partial charge is 0.479 e. The van der Waals surface area contributed by atoms with Crippen LogP contribution in [0.15, 0.2) is 41.1 Å². The molecule has 1 aromatic carbocycles. The van der Waals surface area contributed by atoms with Crippen LogP contribution in [0.1, 0.15) is 17.2 Å². The summed E-state index contributed by atoms with van der Waals surface area (Å²) < 4.78 is 0. The van der Waals surface area contributed by atoms with Crippen LogP contribution >= 0.6 is 11.3 Å². The molecule has 2 aromatic rings. The van der Waals surface area contributed by atoms with E-state index >= 15 is 0 Å². The Morgan fingerprint density at radius 2 is 2.10 bits per heavy atom. The van der Waals surface area contributed by atoms with Gasteiger partial charge in [-0.3, -0.25) is 0 Å². The number of amides is 2. The maximum absolute atomic E-state index is 12.3. The first-order valence-corrected chi connectivity index (χ1v) is 7.51. The molecule has 1 aromatic heterocycles. The van der Waals surface area contributed by atoms with Gasteiger partial charge in [-0.1, -0.05) is 24.3 Å². The molecule has 2 N–H and O–H groups in total. The zero-order chi connectivity index (χ0) is 14.8. The highest BCUT2D eigenvalue weighted by molar-refractivity contribution is 7.08. The van der Waals surface area contributed by atoms with E-state index in [9.17, 15) is 14.7 Å². The van der Waals surface area contributed by atoms with Crippen LogP contribution in [0.5, 0.6) is 0 Å². The molecule has 21 heavy (non-hydrogen) atoms. The topological polar surface area (TPSA) is 69.6 Å². The van der Waals surface area contributed by atoms with E-state index in [0.717, 1.165) is 5.56 Å². The van der Waals surface area contributed by atoms with Gasteiger partial charge in [0.2, 0.25) is 0 Å². The second kappa shape index (κ2) is 5.57. The lowest BCUT2D eigenvalue weighted by atomic mass is 9.93. The quantitative estimate of drug-likeness (QED) is 0.896. The Balaban J connectivity index is 1.88. The van der Waals surface area contributed by atoms with Gasteiger partial charge in [-0.25, -0.2) is 9.59 Å². The van der Waals surface area contributed by atoms with Crippen LogP contribution in [0.3, 0.4) is 0 Å². The fourth-order valence-corrected chi connectivity index (χ4v) is 3.17. The molecule has 0 bridgehead atoms. The van der Waals surface area contributed by atoms with E-state index in [2.05, 4.69) is 5.32 Å². The molecule has 108 valence electrons. The molecular formula is C15H14N2O3S. The van der Waals surface area contributed by atoms with Gasteiger partial charge < -0.3 is 15.3 Å². The SMILES string of the molecule is O=C(O)C1c2ccccc2CCN1C(=O)Nc1ccsc1. The van der Waals surface area contributed by atoms with Crippen molar-refractivity contribution in [2.75, 3.05) is 11.9 Å². The number of rotatable bonds is 2. The van der Waals surface area contributed by atoms with Gasteiger partial charge in [0, 0.05) is 11.9 Å². The van der Waals surface area contributed by atoms with Crippen LogP contribution in [-0.2, 0) is 11.2 Å². The van der Waals surface area contributed by atoms with Gasteiger partial charge >= 0.3 is 12.0 Å². The summed E-state index contributed by atoms with van der Waals surface area (Å²) in [5.74, 6) is -1.01. The Hall–Kier alpha value is -2.34. The van der Waals surface area contributed by atoms with Crippen molar-refractivity contribution >= 4 is 29.0 Å². The lowest BCUT2D eigenvalue weighted by Crippen LogP contribution is -2.45. The van der Waals surface area contributed by atoms with Gasteiger partial charge in [0.1, 0.15) is 0 Å². The molecular weight excluding hydrogens is 288 g/mol. The molecule has 0 saturated heterocycles. The summed E-state index contributed by atoms with van der Waals surface area (Å²) in [5, 5.41) is 15.9. The Morgan fingerprint density at radius 1 is 1.29 bits per heavy atom. The van der Waals surface area contributed by atoms with Crippen LogP contribution in [-0.4, -0.2) is 28.6 Å². The minimum Gasteiger partial charge on any atom is -0.479 e. The van der Waals surface area contributed by atoms with Gasteiger partial charge in [0.25, 0.3) is 0 Å². The van der Waals surface area contributed by atoms with Crippen molar-refractivity contribution in [3.05, 3.63) is 52.2 Å². The highest BCUT2D eigenvalue weighted by atomic mass is 32.1. The fraction of sp³-hybridized carbons (Fsp3) is 0.200. The highest BCUT2D eigenvalue weighted by Gasteiger charge is 2.35. The van der Waals surface area contributed by atoms with Gasteiger partial charge in [-0.2, -0.15) is 11.3 Å². The smallest absolute Gasteiger partial charge is 0.331 e. The molecule has 6 heteroatoms. The van der Waals surface area contributed by atoms with E-state index in [1.165, 1.54) is 16.2 Å². The Labute approximate surface area is 125 Å². The Morgan fingerprint density at radius 3 is 2.81 bits per heavy atom. The van der Waals surface area contributed by atoms with Gasteiger partial charge in [-0.05, 0) is 29.0 Å². The van der Waals surface area contributed by atoms with E-state index in [-0.39, 0.29) is 6.03 Å². The van der Waals surface area contributed by atoms with Crippen molar-refractivity contribution in [1.29, 1.82) is 0 Å². The first-order valence-electron chi connectivity index (χ1n) is 6.57. The average Bonchev–Trinajstić information content (AvgIpc) is 2.98. The fourth-order valence-electron chi connectivity index (χ4n) is 2.58. The standard InChI is InChI=1S/C15H14N2O3S/c18-14(19)13-12-4-2-1-3-10(12)5-7-17(13)15(20)16-11-6-8-21-9-11/h1-4,6,8-9,13H,5,7H2,(H,16,20)(H,18,19). The molecule has 1 aliphatic rings. The Kier molecular flexibility index (Phi) is 3.62. The number of hydrogen-bond acceptors (Lipinski definition) is 3. The summed E-state index contributed by atoms with van der Waals surface area (Å²) in [6.45, 7) is 0.393. The third-order valence-corrected chi connectivity index (χ3v) is 4.23. The molecule has 1 atom stereocenters. The number of carboxylic acid groups (broad SMARTS) is 1. The molecule has 1 unspecified atom stereocenters. The van der Waals surface area contributed by atoms with Crippen molar-refractivity contribution in [2.45, 2.75) is 12.5 Å². The van der Waals surface area contributed by atoms with Crippen LogP contribution in [0, 0.1) is 0 Å². The van der Waals surface area contributed by atoms with Crippen molar-refractivity contribution in [1.82, 2.24) is 4.90 Å². The first kappa shape index (κ1) is 13.6. The molecule has 3 rings (SSSR count). The monoisotopic (exact) mass is 302 g/mol. The van der Waals surface area contributed by atoms with Crippen molar-refractivity contribution in [3.8, 4) is 0 Å². The minimum absolute atomic E-state index is 0.379. The third kappa shape index (κ3) is 2.62. The maximum Gasteiger partial charge on any atom is 0.331 e. The molecule has 0 aliphatic carbocycles. The molecule has 5 nitrogen and oxygen atoms in total. The lowest BCUT2D eigenvalue weighted by molar-refractivity contribution is -0.142. The first-order chi connectivity index (χ1) is 10.2. The molecule has 0 fully saturated rings. The molecule has 1 aliphatic heterocycles. The number of hydrogen-bond donors (Lipinski definition) is 2. The van der Waals surface area contributed by atoms with Crippen LogP contribution in [0.25, 0.3) is 0 Å². The number of aliphatic carboxylic acids is 1. The third-order valence-electron chi connectivity index (χ3n) is 3.55. The zero-order valence-electron chi connectivity index (χ0n) is 11.2. The summed E-state index contributed by atoms with van der Waals surface area (Å²) in [4.78, 5) is 25.3. The average molecular weight is 302 g/mol. The molecule has 0 spiro atoms. The Bertz CT molecular complexity index is 669. The highest BCUT2D eigenvalue weighted by Crippen LogP contribution is 2.30. The van der Waals surface area contributed by atoms with Crippen LogP contribution in [0.2, 0.25) is 0 Å². The predicted octanol–water partition coefficient (Wildman–Crippen LogP) is 2.96. The number of urea groups is 1. The lowest BCUT2D eigenvalue weighted by Gasteiger charge is -2.34. The summed E-state index contributed by atoms with van der Waals surface area (Å²) in [6.07, 6.45) is 0.664. The number of nitrogens with zero attached hydrogens (tertiary/aromatic N) is 1. The van der Waals surface area contributed by atoms with Crippen LogP contribution in [0.4, 0.5) is 10.5 Å². The van der Waals surface area contributed by atoms with Crippen molar-refractivity contribution in [2.24, 2.45) is 0 Å². The minimum atomic E-state index is -1.01. The zero-order valence-corrected chi connectivity index (χ0v) is 12.0. The molecule has 2 heterocycles. The number of nitrogens with one attached hydrogen (secondary N) is 1.